The fraction of sp³-hybridized carbons (Fsp3) is 0.941. The van der Waals surface area contributed by atoms with Gasteiger partial charge in [0.25, 0.3) is 0 Å². The van der Waals surface area contributed by atoms with Gasteiger partial charge in [-0.1, -0.05) is 298 Å². The topological polar surface area (TPSA) is 237 Å². The first-order chi connectivity index (χ1) is 42.0. The van der Waals surface area contributed by atoms with Gasteiger partial charge in [-0.05, 0) is 31.6 Å². The molecule has 0 radical (unpaired) electrons. The van der Waals surface area contributed by atoms with E-state index in [1.54, 1.807) is 0 Å². The van der Waals surface area contributed by atoms with E-state index in [9.17, 15) is 43.2 Å². The van der Waals surface area contributed by atoms with Crippen molar-refractivity contribution in [2.45, 2.75) is 368 Å². The van der Waals surface area contributed by atoms with Crippen LogP contribution < -0.4 is 0 Å². The van der Waals surface area contributed by atoms with Crippen molar-refractivity contribution in [3.63, 3.8) is 0 Å². The van der Waals surface area contributed by atoms with Gasteiger partial charge >= 0.3 is 39.5 Å². The van der Waals surface area contributed by atoms with Crippen LogP contribution in [0.3, 0.4) is 0 Å². The van der Waals surface area contributed by atoms with Gasteiger partial charge in [0, 0.05) is 25.7 Å². The largest absolute Gasteiger partial charge is 0.472 e. The summed E-state index contributed by atoms with van der Waals surface area (Å²) in [4.78, 5) is 72.2. The predicted octanol–water partition coefficient (Wildman–Crippen LogP) is 19.4. The molecular formula is C68H132O17P2. The van der Waals surface area contributed by atoms with E-state index < -0.39 is 97.5 Å². The highest BCUT2D eigenvalue weighted by molar-refractivity contribution is 7.47. The Morgan fingerprint density at radius 2 is 0.529 bits per heavy atom. The third kappa shape index (κ3) is 62.6. The van der Waals surface area contributed by atoms with Crippen molar-refractivity contribution in [1.29, 1.82) is 0 Å². The Morgan fingerprint density at radius 3 is 0.782 bits per heavy atom. The number of carbonyl (C=O) groups excluding carboxylic acids is 4. The Bertz CT molecular complexity index is 1690. The zero-order valence-electron chi connectivity index (χ0n) is 56.2. The molecule has 0 saturated carbocycles. The molecule has 5 atom stereocenters. The van der Waals surface area contributed by atoms with Gasteiger partial charge in [0.15, 0.2) is 12.2 Å². The average molecular weight is 1280 g/mol. The summed E-state index contributed by atoms with van der Waals surface area (Å²) in [5.41, 5.74) is 0. The number of aliphatic hydroxyl groups is 1. The minimum atomic E-state index is -4.95. The molecule has 17 nitrogen and oxygen atoms in total. The van der Waals surface area contributed by atoms with Crippen molar-refractivity contribution in [2.75, 3.05) is 39.6 Å². The fourth-order valence-corrected chi connectivity index (χ4v) is 11.9. The smallest absolute Gasteiger partial charge is 0.462 e. The lowest BCUT2D eigenvalue weighted by atomic mass is 10.0. The van der Waals surface area contributed by atoms with Crippen molar-refractivity contribution in [3.05, 3.63) is 0 Å². The molecule has 0 aromatic heterocycles. The van der Waals surface area contributed by atoms with Crippen LogP contribution in [0, 0.1) is 5.92 Å². The molecule has 0 amide bonds. The van der Waals surface area contributed by atoms with Crippen LogP contribution in [0.25, 0.3) is 0 Å². The lowest BCUT2D eigenvalue weighted by molar-refractivity contribution is -0.161. The van der Waals surface area contributed by atoms with Crippen LogP contribution in [0.4, 0.5) is 0 Å². The number of phosphoric acid groups is 2. The SMILES string of the molecule is CCCCCCCCCCCC(=O)OC[C@H](COP(=O)(O)OC[C@@H](O)COP(=O)(O)OC[C@@H](COC(=O)CCCCCCCCCC)OC(=O)CCCCCCCCCCC)OC(=O)CCCCCCCCCCCCCCCCCCCCC(C)C. The summed E-state index contributed by atoms with van der Waals surface area (Å²) >= 11 is 0. The molecule has 0 bridgehead atoms. The Labute approximate surface area is 530 Å². The van der Waals surface area contributed by atoms with Gasteiger partial charge in [-0.3, -0.25) is 37.3 Å². The maximum atomic E-state index is 13.0. The Morgan fingerprint density at radius 1 is 0.310 bits per heavy atom. The highest BCUT2D eigenvalue weighted by Gasteiger charge is 2.30. The van der Waals surface area contributed by atoms with Gasteiger partial charge in [-0.15, -0.1) is 0 Å². The van der Waals surface area contributed by atoms with Gasteiger partial charge in [0.05, 0.1) is 26.4 Å². The first kappa shape index (κ1) is 85.1. The number of hydrogen-bond acceptors (Lipinski definition) is 15. The summed E-state index contributed by atoms with van der Waals surface area (Å²) in [6, 6.07) is 0. The molecule has 19 heteroatoms. The predicted molar refractivity (Wildman–Crippen MR) is 349 cm³/mol. The van der Waals surface area contributed by atoms with Gasteiger partial charge < -0.3 is 33.8 Å². The Hall–Kier alpha value is -1.94. The first-order valence-electron chi connectivity index (χ1n) is 35.6. The Balaban J connectivity index is 5.09. The number of esters is 4. The van der Waals surface area contributed by atoms with E-state index in [4.69, 9.17) is 37.0 Å². The molecule has 0 rings (SSSR count). The van der Waals surface area contributed by atoms with E-state index in [0.29, 0.717) is 25.7 Å². The van der Waals surface area contributed by atoms with Crippen LogP contribution >= 0.6 is 15.6 Å². The molecule has 0 aliphatic carbocycles. The second-order valence-electron chi connectivity index (χ2n) is 25.0. The average Bonchev–Trinajstić information content (AvgIpc) is 3.69. The minimum absolute atomic E-state index is 0.106. The number of phosphoric ester groups is 2. The fourth-order valence-electron chi connectivity index (χ4n) is 10.3. The number of aliphatic hydroxyl groups excluding tert-OH is 1. The van der Waals surface area contributed by atoms with Crippen molar-refractivity contribution >= 4 is 39.5 Å². The second-order valence-corrected chi connectivity index (χ2v) is 27.9. The lowest BCUT2D eigenvalue weighted by Crippen LogP contribution is -2.30. The number of rotatable bonds is 68. The molecule has 3 N–H and O–H groups in total. The molecule has 516 valence electrons. The number of ether oxygens (including phenoxy) is 4. The van der Waals surface area contributed by atoms with Crippen molar-refractivity contribution < 1.29 is 80.2 Å². The number of hydrogen-bond donors (Lipinski definition) is 3. The summed E-state index contributed by atoms with van der Waals surface area (Å²) < 4.78 is 68.0. The van der Waals surface area contributed by atoms with E-state index in [-0.39, 0.29) is 25.7 Å². The molecule has 0 aliphatic heterocycles. The third-order valence-corrected chi connectivity index (χ3v) is 17.7. The summed E-state index contributed by atoms with van der Waals surface area (Å²) in [6.45, 7) is 7.20. The number of carbonyl (C=O) groups is 4. The molecule has 0 heterocycles. The number of unbranched alkanes of at least 4 members (excludes halogenated alkanes) is 40. The van der Waals surface area contributed by atoms with Gasteiger partial charge in [-0.25, -0.2) is 9.13 Å². The zero-order chi connectivity index (χ0) is 64.2. The normalized spacial score (nSPS) is 14.1. The van der Waals surface area contributed by atoms with Gasteiger partial charge in [0.2, 0.25) is 0 Å². The molecule has 2 unspecified atom stereocenters. The lowest BCUT2D eigenvalue weighted by Gasteiger charge is -2.21. The molecule has 0 aliphatic rings. The van der Waals surface area contributed by atoms with Gasteiger partial charge in [0.1, 0.15) is 19.3 Å². The highest BCUT2D eigenvalue weighted by Crippen LogP contribution is 2.45. The van der Waals surface area contributed by atoms with Crippen LogP contribution in [0.15, 0.2) is 0 Å². The maximum Gasteiger partial charge on any atom is 0.472 e. The molecule has 87 heavy (non-hydrogen) atoms. The summed E-state index contributed by atoms with van der Waals surface area (Å²) in [5.74, 6) is -1.31. The highest BCUT2D eigenvalue weighted by atomic mass is 31.2. The van der Waals surface area contributed by atoms with E-state index >= 15 is 0 Å². The third-order valence-electron chi connectivity index (χ3n) is 15.8. The quantitative estimate of drug-likeness (QED) is 0.0222. The van der Waals surface area contributed by atoms with Crippen molar-refractivity contribution in [2.24, 2.45) is 5.92 Å². The molecule has 0 aromatic carbocycles. The van der Waals surface area contributed by atoms with Crippen LogP contribution in [-0.2, 0) is 65.4 Å². The molecule has 0 spiro atoms. The summed E-state index contributed by atoms with van der Waals surface area (Å²) in [5, 5.41) is 10.5. The van der Waals surface area contributed by atoms with Crippen LogP contribution in [0.2, 0.25) is 0 Å². The maximum absolute atomic E-state index is 13.0. The summed E-state index contributed by atoms with van der Waals surface area (Å²) in [6.07, 6.45) is 47.4. The van der Waals surface area contributed by atoms with Crippen LogP contribution in [0.5, 0.6) is 0 Å². The van der Waals surface area contributed by atoms with Crippen LogP contribution in [0.1, 0.15) is 349 Å². The standard InChI is InChI=1S/C68H132O17P2/c1-6-9-12-15-18-31-37-42-47-52-66(71)79-58-64(85-68(73)54-49-44-39-34-30-28-26-24-22-21-23-25-27-29-33-35-40-45-50-61(4)5)60-83-87(76,77)81-56-62(69)55-80-86(74,75)82-59-63(57-78-65(70)51-46-41-36-20-17-14-11-8-3)84-67(72)53-48-43-38-32-19-16-13-10-7-2/h61-64,69H,6-60H2,1-5H3,(H,74,75)(H,76,77)/t62-,63+,64+/m0/s1. The summed E-state index contributed by atoms with van der Waals surface area (Å²) in [7, 11) is -9.88. The second kappa shape index (κ2) is 61.6. The Kier molecular flexibility index (Phi) is 60.2. The molecule has 0 fully saturated rings. The van der Waals surface area contributed by atoms with E-state index in [0.717, 1.165) is 102 Å². The zero-order valence-corrected chi connectivity index (χ0v) is 57.9. The van der Waals surface area contributed by atoms with Crippen molar-refractivity contribution in [1.82, 2.24) is 0 Å². The van der Waals surface area contributed by atoms with E-state index in [1.807, 2.05) is 0 Å². The van der Waals surface area contributed by atoms with E-state index in [2.05, 4.69) is 34.6 Å². The first-order valence-corrected chi connectivity index (χ1v) is 38.6. The monoisotopic (exact) mass is 1280 g/mol. The van der Waals surface area contributed by atoms with Crippen LogP contribution in [-0.4, -0.2) is 96.7 Å². The van der Waals surface area contributed by atoms with E-state index in [1.165, 1.54) is 167 Å². The van der Waals surface area contributed by atoms with Gasteiger partial charge in [-0.2, -0.15) is 0 Å². The molecule has 0 saturated heterocycles. The molecular weight excluding hydrogens is 1150 g/mol. The molecule has 0 aromatic rings. The van der Waals surface area contributed by atoms with Crippen molar-refractivity contribution in [3.8, 4) is 0 Å². The minimum Gasteiger partial charge on any atom is -0.462 e.